The molecule has 1 unspecified atom stereocenters. The molecule has 1 saturated heterocycles. The lowest BCUT2D eigenvalue weighted by molar-refractivity contribution is 0.731. The van der Waals surface area contributed by atoms with Crippen LogP contribution in [0.1, 0.15) is 32.5 Å². The number of anilines is 1. The SMILES string of the molecule is CC1CN(c2cc(Br)nc(C(C)C)n2)CCS1. The summed E-state index contributed by atoms with van der Waals surface area (Å²) < 4.78 is 0.886. The molecule has 1 aromatic rings. The summed E-state index contributed by atoms with van der Waals surface area (Å²) in [4.78, 5) is 11.4. The Balaban J connectivity index is 2.25. The molecule has 1 aliphatic heterocycles. The summed E-state index contributed by atoms with van der Waals surface area (Å²) >= 11 is 5.51. The highest BCUT2D eigenvalue weighted by Gasteiger charge is 2.19. The second kappa shape index (κ2) is 5.57. The largest absolute Gasteiger partial charge is 0.355 e. The Hall–Kier alpha value is -0.290. The van der Waals surface area contributed by atoms with E-state index in [4.69, 9.17) is 0 Å². The normalized spacial score (nSPS) is 21.0. The summed E-state index contributed by atoms with van der Waals surface area (Å²) in [7, 11) is 0. The molecule has 1 fully saturated rings. The van der Waals surface area contributed by atoms with Crippen LogP contribution >= 0.6 is 27.7 Å². The molecule has 2 heterocycles. The fourth-order valence-electron chi connectivity index (χ4n) is 1.87. The van der Waals surface area contributed by atoms with Gasteiger partial charge < -0.3 is 4.90 Å². The van der Waals surface area contributed by atoms with Crippen LogP contribution in [-0.4, -0.2) is 34.1 Å². The first-order valence-electron chi connectivity index (χ1n) is 5.97. The van der Waals surface area contributed by atoms with Gasteiger partial charge in [-0.15, -0.1) is 0 Å². The zero-order valence-electron chi connectivity index (χ0n) is 10.5. The molecule has 0 saturated carbocycles. The zero-order chi connectivity index (χ0) is 12.4. The molecule has 1 atom stereocenters. The molecule has 17 heavy (non-hydrogen) atoms. The highest BCUT2D eigenvalue weighted by Crippen LogP contribution is 2.25. The third kappa shape index (κ3) is 3.35. The number of hydrogen-bond donors (Lipinski definition) is 0. The summed E-state index contributed by atoms with van der Waals surface area (Å²) in [6.45, 7) is 8.68. The Labute approximate surface area is 116 Å². The van der Waals surface area contributed by atoms with E-state index in [9.17, 15) is 0 Å². The van der Waals surface area contributed by atoms with Crippen LogP contribution in [-0.2, 0) is 0 Å². The molecule has 1 aliphatic rings. The standard InChI is InChI=1S/C12H18BrN3S/c1-8(2)12-14-10(13)6-11(15-12)16-4-5-17-9(3)7-16/h6,8-9H,4-5,7H2,1-3H3. The van der Waals surface area contributed by atoms with Crippen molar-refractivity contribution in [1.82, 2.24) is 9.97 Å². The van der Waals surface area contributed by atoms with Crippen LogP contribution in [0.25, 0.3) is 0 Å². The van der Waals surface area contributed by atoms with Crippen molar-refractivity contribution < 1.29 is 0 Å². The monoisotopic (exact) mass is 315 g/mol. The maximum atomic E-state index is 4.67. The minimum Gasteiger partial charge on any atom is -0.355 e. The molecule has 0 bridgehead atoms. The molecule has 0 spiro atoms. The number of aromatic nitrogens is 2. The van der Waals surface area contributed by atoms with Gasteiger partial charge in [0.05, 0.1) is 0 Å². The Bertz CT molecular complexity index is 397. The van der Waals surface area contributed by atoms with Gasteiger partial charge in [0.25, 0.3) is 0 Å². The molecule has 0 aliphatic carbocycles. The molecule has 2 rings (SSSR count). The van der Waals surface area contributed by atoms with E-state index in [2.05, 4.69) is 51.6 Å². The zero-order valence-corrected chi connectivity index (χ0v) is 12.9. The Morgan fingerprint density at radius 3 is 2.88 bits per heavy atom. The Morgan fingerprint density at radius 1 is 1.47 bits per heavy atom. The van der Waals surface area contributed by atoms with Gasteiger partial charge >= 0.3 is 0 Å². The predicted molar refractivity (Wildman–Crippen MR) is 78.0 cm³/mol. The summed E-state index contributed by atoms with van der Waals surface area (Å²) in [5, 5.41) is 0.681. The van der Waals surface area contributed by atoms with Crippen molar-refractivity contribution in [3.05, 3.63) is 16.5 Å². The van der Waals surface area contributed by atoms with E-state index >= 15 is 0 Å². The van der Waals surface area contributed by atoms with Gasteiger partial charge in [0.15, 0.2) is 0 Å². The van der Waals surface area contributed by atoms with Crippen molar-refractivity contribution in [3.63, 3.8) is 0 Å². The maximum absolute atomic E-state index is 4.67. The van der Waals surface area contributed by atoms with Gasteiger partial charge in [0.1, 0.15) is 16.2 Å². The first-order valence-corrected chi connectivity index (χ1v) is 7.81. The van der Waals surface area contributed by atoms with Crippen molar-refractivity contribution in [2.75, 3.05) is 23.7 Å². The smallest absolute Gasteiger partial charge is 0.134 e. The van der Waals surface area contributed by atoms with Gasteiger partial charge in [-0.1, -0.05) is 20.8 Å². The van der Waals surface area contributed by atoms with Crippen LogP contribution in [0.5, 0.6) is 0 Å². The lowest BCUT2D eigenvalue weighted by Gasteiger charge is -2.31. The van der Waals surface area contributed by atoms with E-state index in [1.807, 2.05) is 17.8 Å². The van der Waals surface area contributed by atoms with Gasteiger partial charge in [0, 0.05) is 36.1 Å². The van der Waals surface area contributed by atoms with Crippen LogP contribution in [0, 0.1) is 0 Å². The number of nitrogens with zero attached hydrogens (tertiary/aromatic N) is 3. The minimum atomic E-state index is 0.364. The van der Waals surface area contributed by atoms with Crippen LogP contribution in [0.2, 0.25) is 0 Å². The first kappa shape index (κ1) is 13.1. The topological polar surface area (TPSA) is 29.0 Å². The molecular formula is C12H18BrN3S. The van der Waals surface area contributed by atoms with Crippen molar-refractivity contribution in [3.8, 4) is 0 Å². The molecule has 0 aromatic carbocycles. The Morgan fingerprint density at radius 2 is 2.24 bits per heavy atom. The average molecular weight is 316 g/mol. The molecule has 0 radical (unpaired) electrons. The number of rotatable bonds is 2. The lowest BCUT2D eigenvalue weighted by Crippen LogP contribution is -2.37. The van der Waals surface area contributed by atoms with Crippen LogP contribution < -0.4 is 4.90 Å². The molecule has 0 N–H and O–H groups in total. The Kier molecular flexibility index (Phi) is 4.31. The van der Waals surface area contributed by atoms with E-state index in [0.717, 1.165) is 29.3 Å². The summed E-state index contributed by atoms with van der Waals surface area (Å²) in [5.74, 6) is 3.52. The molecule has 0 amide bonds. The summed E-state index contributed by atoms with van der Waals surface area (Å²) in [6, 6.07) is 2.02. The van der Waals surface area contributed by atoms with Crippen LogP contribution in [0.3, 0.4) is 0 Å². The van der Waals surface area contributed by atoms with Crippen molar-refractivity contribution in [1.29, 1.82) is 0 Å². The lowest BCUT2D eigenvalue weighted by atomic mass is 10.2. The number of halogens is 1. The van der Waals surface area contributed by atoms with Gasteiger partial charge in [-0.25, -0.2) is 9.97 Å². The second-order valence-corrected chi connectivity index (χ2v) is 7.05. The van der Waals surface area contributed by atoms with E-state index in [0.29, 0.717) is 11.2 Å². The molecule has 1 aromatic heterocycles. The van der Waals surface area contributed by atoms with Crippen molar-refractivity contribution in [2.24, 2.45) is 0 Å². The molecule has 3 nitrogen and oxygen atoms in total. The highest BCUT2D eigenvalue weighted by molar-refractivity contribution is 9.10. The van der Waals surface area contributed by atoms with Crippen molar-refractivity contribution in [2.45, 2.75) is 31.9 Å². The molecule has 94 valence electrons. The van der Waals surface area contributed by atoms with E-state index < -0.39 is 0 Å². The van der Waals surface area contributed by atoms with Gasteiger partial charge in [-0.2, -0.15) is 11.8 Å². The predicted octanol–water partition coefficient (Wildman–Crippen LogP) is 3.30. The van der Waals surface area contributed by atoms with Crippen LogP contribution in [0.4, 0.5) is 5.82 Å². The van der Waals surface area contributed by atoms with E-state index in [1.165, 1.54) is 5.75 Å². The fraction of sp³-hybridized carbons (Fsp3) is 0.667. The molecule has 5 heteroatoms. The number of hydrogen-bond acceptors (Lipinski definition) is 4. The van der Waals surface area contributed by atoms with Crippen molar-refractivity contribution >= 4 is 33.5 Å². The number of thioether (sulfide) groups is 1. The quantitative estimate of drug-likeness (QED) is 0.783. The second-order valence-electron chi connectivity index (χ2n) is 4.69. The third-order valence-electron chi connectivity index (χ3n) is 2.78. The molecular weight excluding hydrogens is 298 g/mol. The first-order chi connectivity index (χ1) is 8.06. The van der Waals surface area contributed by atoms with E-state index in [1.54, 1.807) is 0 Å². The van der Waals surface area contributed by atoms with Gasteiger partial charge in [0.2, 0.25) is 0 Å². The maximum Gasteiger partial charge on any atom is 0.134 e. The third-order valence-corrected chi connectivity index (χ3v) is 4.32. The highest BCUT2D eigenvalue weighted by atomic mass is 79.9. The van der Waals surface area contributed by atoms with E-state index in [-0.39, 0.29) is 0 Å². The summed E-state index contributed by atoms with van der Waals surface area (Å²) in [6.07, 6.45) is 0. The average Bonchev–Trinajstić information content (AvgIpc) is 2.28. The van der Waals surface area contributed by atoms with Gasteiger partial charge in [-0.05, 0) is 15.9 Å². The van der Waals surface area contributed by atoms with Gasteiger partial charge in [-0.3, -0.25) is 0 Å². The fourth-order valence-corrected chi connectivity index (χ4v) is 3.27. The van der Waals surface area contributed by atoms with Crippen LogP contribution in [0.15, 0.2) is 10.7 Å². The summed E-state index contributed by atoms with van der Waals surface area (Å²) in [5.41, 5.74) is 0. The minimum absolute atomic E-state index is 0.364.